The zero-order valence-electron chi connectivity index (χ0n) is 14.8. The van der Waals surface area contributed by atoms with Crippen LogP contribution < -0.4 is 20.7 Å². The smallest absolute Gasteiger partial charge is 0.243 e. The summed E-state index contributed by atoms with van der Waals surface area (Å²) in [4.78, 5) is 23.6. The van der Waals surface area contributed by atoms with Gasteiger partial charge in [-0.15, -0.1) is 12.4 Å². The third kappa shape index (κ3) is 5.58. The minimum atomic E-state index is -3.22. The Hall–Kier alpha value is -1.84. The Morgan fingerprint density at radius 2 is 1.85 bits per heavy atom. The highest BCUT2D eigenvalue weighted by atomic mass is 35.5. The van der Waals surface area contributed by atoms with Crippen LogP contribution in [0.2, 0.25) is 0 Å². The quantitative estimate of drug-likeness (QED) is 0.643. The van der Waals surface area contributed by atoms with Crippen LogP contribution >= 0.6 is 12.4 Å². The second-order valence-corrected chi connectivity index (χ2v) is 8.34. The number of nitrogens with two attached hydrogens (primary N) is 1. The molecule has 1 aromatic carbocycles. The van der Waals surface area contributed by atoms with Gasteiger partial charge in [0.05, 0.1) is 24.0 Å². The molecule has 1 atom stereocenters. The number of nitrogens with zero attached hydrogens (tertiary/aromatic N) is 1. The minimum Gasteiger partial charge on any atom is -0.346 e. The van der Waals surface area contributed by atoms with Gasteiger partial charge in [-0.05, 0) is 36.6 Å². The Bertz CT molecular complexity index is 737. The van der Waals surface area contributed by atoms with E-state index in [1.807, 2.05) is 13.8 Å². The maximum Gasteiger partial charge on any atom is 0.243 e. The van der Waals surface area contributed by atoms with Crippen molar-refractivity contribution in [1.82, 2.24) is 5.32 Å². The molecule has 1 aliphatic rings. The minimum absolute atomic E-state index is 0. The lowest BCUT2D eigenvalue weighted by Gasteiger charge is -2.17. The average Bonchev–Trinajstić information content (AvgIpc) is 2.91. The lowest BCUT2D eigenvalue weighted by Crippen LogP contribution is -2.46. The standard InChI is InChI=1S/C16H24N4O4S.ClH/c1-11(2)15(17)16(22)18-10-14(21)19-12-4-6-13(7-5-12)20-8-3-9-25(20,23)24;/h4-7,11,15H,3,8-10,17H2,1-2H3,(H,18,22)(H,19,21);1H/t15-;/m0./s1. The van der Waals surface area contributed by atoms with Crippen LogP contribution in [0.15, 0.2) is 24.3 Å². The van der Waals surface area contributed by atoms with Gasteiger partial charge in [0.15, 0.2) is 0 Å². The SMILES string of the molecule is CC(C)[C@H](N)C(=O)NCC(=O)Nc1ccc(N2CCCS2(=O)=O)cc1.Cl. The molecule has 0 aromatic heterocycles. The van der Waals surface area contributed by atoms with Gasteiger partial charge in [0.2, 0.25) is 21.8 Å². The van der Waals surface area contributed by atoms with Crippen LogP contribution in [-0.2, 0) is 19.6 Å². The summed E-state index contributed by atoms with van der Waals surface area (Å²) < 4.78 is 25.1. The summed E-state index contributed by atoms with van der Waals surface area (Å²) in [5, 5.41) is 5.13. The molecule has 1 aliphatic heterocycles. The molecule has 0 unspecified atom stereocenters. The van der Waals surface area contributed by atoms with Gasteiger partial charge in [0.25, 0.3) is 0 Å². The van der Waals surface area contributed by atoms with Gasteiger partial charge in [-0.25, -0.2) is 8.42 Å². The van der Waals surface area contributed by atoms with Gasteiger partial charge < -0.3 is 16.4 Å². The van der Waals surface area contributed by atoms with Crippen molar-refractivity contribution in [2.75, 3.05) is 28.5 Å². The maximum absolute atomic E-state index is 11.9. The highest BCUT2D eigenvalue weighted by Gasteiger charge is 2.28. The van der Waals surface area contributed by atoms with E-state index in [1.54, 1.807) is 24.3 Å². The molecule has 0 bridgehead atoms. The van der Waals surface area contributed by atoms with E-state index in [0.717, 1.165) is 0 Å². The molecule has 4 N–H and O–H groups in total. The van der Waals surface area contributed by atoms with E-state index in [4.69, 9.17) is 5.73 Å². The number of carbonyl (C=O) groups is 2. The number of halogens is 1. The Morgan fingerprint density at radius 3 is 2.35 bits per heavy atom. The summed E-state index contributed by atoms with van der Waals surface area (Å²) in [6.45, 7) is 3.94. The summed E-state index contributed by atoms with van der Waals surface area (Å²) in [5.74, 6) is -0.618. The van der Waals surface area contributed by atoms with Crippen LogP contribution in [0.1, 0.15) is 20.3 Å². The maximum atomic E-state index is 11.9. The lowest BCUT2D eigenvalue weighted by molar-refractivity contribution is -0.125. The van der Waals surface area contributed by atoms with Crippen LogP contribution in [-0.4, -0.2) is 45.1 Å². The van der Waals surface area contributed by atoms with Gasteiger partial charge in [-0.3, -0.25) is 13.9 Å². The Morgan fingerprint density at radius 1 is 1.23 bits per heavy atom. The number of rotatable bonds is 6. The van der Waals surface area contributed by atoms with Crippen molar-refractivity contribution in [2.45, 2.75) is 26.3 Å². The van der Waals surface area contributed by atoms with Crippen molar-refractivity contribution >= 4 is 45.6 Å². The van der Waals surface area contributed by atoms with Crippen LogP contribution in [0.5, 0.6) is 0 Å². The molecule has 0 saturated carbocycles. The van der Waals surface area contributed by atoms with Gasteiger partial charge in [-0.1, -0.05) is 13.8 Å². The molecule has 2 amide bonds. The largest absolute Gasteiger partial charge is 0.346 e. The van der Waals surface area contributed by atoms with E-state index < -0.39 is 16.1 Å². The van der Waals surface area contributed by atoms with E-state index >= 15 is 0 Å². The predicted molar refractivity (Wildman–Crippen MR) is 104 cm³/mol. The van der Waals surface area contributed by atoms with Gasteiger partial charge in [0, 0.05) is 12.2 Å². The first kappa shape index (κ1) is 22.2. The van der Waals surface area contributed by atoms with Crippen LogP contribution in [0.4, 0.5) is 11.4 Å². The summed E-state index contributed by atoms with van der Waals surface area (Å²) in [6.07, 6.45) is 0.610. The molecule has 1 fully saturated rings. The number of benzene rings is 1. The monoisotopic (exact) mass is 404 g/mol. The highest BCUT2D eigenvalue weighted by Crippen LogP contribution is 2.25. The van der Waals surface area contributed by atoms with Crippen molar-refractivity contribution in [2.24, 2.45) is 11.7 Å². The first-order chi connectivity index (χ1) is 11.7. The third-order valence-corrected chi connectivity index (χ3v) is 5.85. The number of hydrogen-bond donors (Lipinski definition) is 3. The van der Waals surface area contributed by atoms with E-state index in [9.17, 15) is 18.0 Å². The van der Waals surface area contributed by atoms with E-state index in [-0.39, 0.29) is 42.4 Å². The number of carbonyl (C=O) groups excluding carboxylic acids is 2. The molecule has 1 saturated heterocycles. The highest BCUT2D eigenvalue weighted by molar-refractivity contribution is 7.93. The molecule has 10 heteroatoms. The Kier molecular flexibility index (Phi) is 7.86. The van der Waals surface area contributed by atoms with Crippen LogP contribution in [0.25, 0.3) is 0 Å². The topological polar surface area (TPSA) is 122 Å². The fourth-order valence-corrected chi connectivity index (χ4v) is 4.00. The van der Waals surface area contributed by atoms with Crippen molar-refractivity contribution < 1.29 is 18.0 Å². The molecule has 8 nitrogen and oxygen atoms in total. The molecule has 1 heterocycles. The first-order valence-electron chi connectivity index (χ1n) is 8.14. The van der Waals surface area contributed by atoms with E-state index in [0.29, 0.717) is 24.3 Å². The van der Waals surface area contributed by atoms with Gasteiger partial charge in [0.1, 0.15) is 0 Å². The molecule has 2 rings (SSSR count). The normalized spacial score (nSPS) is 16.7. The van der Waals surface area contributed by atoms with Crippen LogP contribution in [0.3, 0.4) is 0 Å². The second kappa shape index (κ2) is 9.20. The molecular formula is C16H25ClN4O4S. The molecule has 146 valence electrons. The lowest BCUT2D eigenvalue weighted by atomic mass is 10.1. The van der Waals surface area contributed by atoms with Crippen molar-refractivity contribution in [3.05, 3.63) is 24.3 Å². The fourth-order valence-electron chi connectivity index (χ4n) is 2.43. The van der Waals surface area contributed by atoms with Crippen molar-refractivity contribution in [1.29, 1.82) is 0 Å². The second-order valence-electron chi connectivity index (χ2n) is 6.32. The van der Waals surface area contributed by atoms with Crippen molar-refractivity contribution in [3.8, 4) is 0 Å². The number of amides is 2. The van der Waals surface area contributed by atoms with Gasteiger partial charge >= 0.3 is 0 Å². The number of sulfonamides is 1. The van der Waals surface area contributed by atoms with E-state index in [2.05, 4.69) is 10.6 Å². The zero-order valence-corrected chi connectivity index (χ0v) is 16.4. The molecule has 26 heavy (non-hydrogen) atoms. The summed E-state index contributed by atoms with van der Waals surface area (Å²) in [5.41, 5.74) is 6.80. The molecule has 0 spiro atoms. The fraction of sp³-hybridized carbons (Fsp3) is 0.500. The summed E-state index contributed by atoms with van der Waals surface area (Å²) in [7, 11) is -3.22. The van der Waals surface area contributed by atoms with Crippen molar-refractivity contribution in [3.63, 3.8) is 0 Å². The molecule has 1 aromatic rings. The number of anilines is 2. The molecule has 0 radical (unpaired) electrons. The third-order valence-electron chi connectivity index (χ3n) is 3.98. The number of hydrogen-bond acceptors (Lipinski definition) is 5. The number of nitrogens with one attached hydrogen (secondary N) is 2. The first-order valence-corrected chi connectivity index (χ1v) is 9.75. The average molecular weight is 405 g/mol. The van der Waals surface area contributed by atoms with Gasteiger partial charge in [-0.2, -0.15) is 0 Å². The molecular weight excluding hydrogens is 380 g/mol. The predicted octanol–water partition coefficient (Wildman–Crippen LogP) is 0.686. The summed E-state index contributed by atoms with van der Waals surface area (Å²) >= 11 is 0. The molecule has 0 aliphatic carbocycles. The Labute approximate surface area is 160 Å². The van der Waals surface area contributed by atoms with Crippen LogP contribution in [0, 0.1) is 5.92 Å². The summed E-state index contributed by atoms with van der Waals surface area (Å²) in [6, 6.07) is 5.89. The zero-order chi connectivity index (χ0) is 18.6. The Balaban J connectivity index is 0.00000338. The van der Waals surface area contributed by atoms with E-state index in [1.165, 1.54) is 4.31 Å².